The first kappa shape index (κ1) is 14.4. The summed E-state index contributed by atoms with van der Waals surface area (Å²) in [6.45, 7) is 2.85. The summed E-state index contributed by atoms with van der Waals surface area (Å²) >= 11 is 9.39. The van der Waals surface area contributed by atoms with Crippen LogP contribution in [0.5, 0.6) is 0 Å². The van der Waals surface area contributed by atoms with Crippen molar-refractivity contribution in [3.05, 3.63) is 45.7 Å². The number of hydrogen-bond donors (Lipinski definition) is 1. The lowest BCUT2D eigenvalue weighted by atomic mass is 10.2. The van der Waals surface area contributed by atoms with Crippen molar-refractivity contribution in [3.63, 3.8) is 0 Å². The van der Waals surface area contributed by atoms with Crippen LogP contribution in [0.1, 0.15) is 23.9 Å². The van der Waals surface area contributed by atoms with Gasteiger partial charge in [-0.3, -0.25) is 4.68 Å². The number of anilines is 1. The summed E-state index contributed by atoms with van der Waals surface area (Å²) < 4.78 is 3.02. The molecule has 0 saturated carbocycles. The highest BCUT2D eigenvalue weighted by Gasteiger charge is 2.11. The van der Waals surface area contributed by atoms with E-state index in [0.717, 1.165) is 40.1 Å². The van der Waals surface area contributed by atoms with Gasteiger partial charge < -0.3 is 5.32 Å². The maximum atomic E-state index is 5.77. The summed E-state index contributed by atoms with van der Waals surface area (Å²) in [6.07, 6.45) is 0.929. The summed E-state index contributed by atoms with van der Waals surface area (Å²) in [7, 11) is 1.97. The Balaban J connectivity index is 2.07. The molecule has 0 radical (unpaired) electrons. The molecular weight excluding hydrogens is 326 g/mol. The van der Waals surface area contributed by atoms with Crippen molar-refractivity contribution in [1.29, 1.82) is 0 Å². The van der Waals surface area contributed by atoms with Crippen LogP contribution in [0.4, 0.5) is 5.69 Å². The molecule has 19 heavy (non-hydrogen) atoms. The molecule has 0 aliphatic rings. The number of alkyl halides is 1. The minimum absolute atomic E-state index is 0.549. The Bertz CT molecular complexity index is 549. The number of hydrogen-bond acceptors (Lipinski definition) is 2. The van der Waals surface area contributed by atoms with Crippen LogP contribution in [-0.2, 0) is 25.9 Å². The van der Waals surface area contributed by atoms with E-state index >= 15 is 0 Å². The molecule has 0 atom stereocenters. The van der Waals surface area contributed by atoms with Gasteiger partial charge in [-0.2, -0.15) is 5.10 Å². The van der Waals surface area contributed by atoms with Crippen molar-refractivity contribution in [2.75, 3.05) is 5.32 Å². The fourth-order valence-electron chi connectivity index (χ4n) is 1.91. The molecule has 0 aliphatic carbocycles. The average molecular weight is 343 g/mol. The third-order valence-corrected chi connectivity index (χ3v) is 4.30. The number of nitrogens with one attached hydrogen (secondary N) is 1. The molecule has 3 nitrogen and oxygen atoms in total. The number of aromatic nitrogens is 2. The van der Waals surface area contributed by atoms with Crippen LogP contribution in [0.3, 0.4) is 0 Å². The molecule has 1 aromatic heterocycles. The number of rotatable bonds is 5. The largest absolute Gasteiger partial charge is 0.379 e. The molecule has 0 spiro atoms. The van der Waals surface area contributed by atoms with Gasteiger partial charge in [-0.25, -0.2) is 0 Å². The summed E-state index contributed by atoms with van der Waals surface area (Å²) in [4.78, 5) is 0. The first-order chi connectivity index (χ1) is 9.15. The smallest absolute Gasteiger partial charge is 0.0767 e. The lowest BCUT2D eigenvalue weighted by Gasteiger charge is -2.08. The normalized spacial score (nSPS) is 10.7. The van der Waals surface area contributed by atoms with Gasteiger partial charge in [0.25, 0.3) is 0 Å². The van der Waals surface area contributed by atoms with Gasteiger partial charge in [-0.15, -0.1) is 11.6 Å². The van der Waals surface area contributed by atoms with E-state index in [9.17, 15) is 0 Å². The Kier molecular flexibility index (Phi) is 4.88. The van der Waals surface area contributed by atoms with Gasteiger partial charge >= 0.3 is 0 Å². The number of nitrogens with zero attached hydrogens (tertiary/aromatic N) is 2. The molecule has 102 valence electrons. The highest BCUT2D eigenvalue weighted by atomic mass is 79.9. The van der Waals surface area contributed by atoms with E-state index in [4.69, 9.17) is 11.6 Å². The third-order valence-electron chi connectivity index (χ3n) is 3.07. The van der Waals surface area contributed by atoms with E-state index in [1.165, 1.54) is 0 Å². The van der Waals surface area contributed by atoms with Crippen LogP contribution in [0.25, 0.3) is 0 Å². The van der Waals surface area contributed by atoms with E-state index in [1.807, 2.05) is 36.0 Å². The quantitative estimate of drug-likeness (QED) is 0.829. The fraction of sp³-hybridized carbons (Fsp3) is 0.357. The molecule has 0 fully saturated rings. The van der Waals surface area contributed by atoms with Gasteiger partial charge in [0.2, 0.25) is 0 Å². The Morgan fingerprint density at radius 2 is 2.00 bits per heavy atom. The SMILES string of the molecule is CCc1nn(C)c(CNc2ccc(CCl)cc2)c1Br. The summed E-state index contributed by atoms with van der Waals surface area (Å²) in [6, 6.07) is 8.15. The van der Waals surface area contributed by atoms with E-state index in [-0.39, 0.29) is 0 Å². The molecule has 0 saturated heterocycles. The van der Waals surface area contributed by atoms with E-state index in [0.29, 0.717) is 5.88 Å². The van der Waals surface area contributed by atoms with Gasteiger partial charge in [0, 0.05) is 18.6 Å². The highest BCUT2D eigenvalue weighted by molar-refractivity contribution is 9.10. The van der Waals surface area contributed by atoms with Gasteiger partial charge in [0.15, 0.2) is 0 Å². The first-order valence-corrected chi connectivity index (χ1v) is 7.57. The summed E-state index contributed by atoms with van der Waals surface area (Å²) in [5.74, 6) is 0.549. The number of aryl methyl sites for hydroxylation is 2. The second kappa shape index (κ2) is 6.44. The summed E-state index contributed by atoms with van der Waals surface area (Å²) in [5, 5.41) is 7.88. The van der Waals surface area contributed by atoms with Crippen LogP contribution in [0, 0.1) is 0 Å². The number of benzene rings is 1. The molecule has 0 amide bonds. The molecular formula is C14H17BrClN3. The lowest BCUT2D eigenvalue weighted by molar-refractivity contribution is 0.706. The zero-order valence-corrected chi connectivity index (χ0v) is 13.4. The predicted molar refractivity (Wildman–Crippen MR) is 83.6 cm³/mol. The van der Waals surface area contributed by atoms with E-state index in [2.05, 4.69) is 33.3 Å². The van der Waals surface area contributed by atoms with Crippen molar-refractivity contribution >= 4 is 33.2 Å². The van der Waals surface area contributed by atoms with Crippen molar-refractivity contribution in [3.8, 4) is 0 Å². The highest BCUT2D eigenvalue weighted by Crippen LogP contribution is 2.22. The molecule has 5 heteroatoms. The zero-order valence-electron chi connectivity index (χ0n) is 11.1. The molecule has 2 aromatic rings. The topological polar surface area (TPSA) is 29.9 Å². The van der Waals surface area contributed by atoms with Crippen LogP contribution in [0.15, 0.2) is 28.7 Å². The van der Waals surface area contributed by atoms with Crippen LogP contribution >= 0.6 is 27.5 Å². The molecule has 1 aromatic carbocycles. The molecule has 0 unspecified atom stereocenters. The Labute approximate surface area is 127 Å². The number of halogens is 2. The van der Waals surface area contributed by atoms with Crippen molar-refractivity contribution in [2.24, 2.45) is 7.05 Å². The molecule has 1 heterocycles. The van der Waals surface area contributed by atoms with Gasteiger partial charge in [0.05, 0.1) is 22.4 Å². The molecule has 0 bridgehead atoms. The van der Waals surface area contributed by atoms with Crippen molar-refractivity contribution in [2.45, 2.75) is 25.8 Å². The van der Waals surface area contributed by atoms with Crippen molar-refractivity contribution < 1.29 is 0 Å². The van der Waals surface area contributed by atoms with Crippen LogP contribution in [0.2, 0.25) is 0 Å². The second-order valence-electron chi connectivity index (χ2n) is 4.37. The van der Waals surface area contributed by atoms with Crippen LogP contribution < -0.4 is 5.32 Å². The van der Waals surface area contributed by atoms with Crippen LogP contribution in [-0.4, -0.2) is 9.78 Å². The Morgan fingerprint density at radius 1 is 1.32 bits per heavy atom. The lowest BCUT2D eigenvalue weighted by Crippen LogP contribution is -2.06. The Morgan fingerprint density at radius 3 is 2.53 bits per heavy atom. The van der Waals surface area contributed by atoms with Gasteiger partial charge in [0.1, 0.15) is 0 Å². The Hall–Kier alpha value is -1.000. The molecule has 0 aliphatic heterocycles. The molecule has 2 rings (SSSR count). The molecule has 1 N–H and O–H groups in total. The standard InChI is InChI=1S/C14H17BrClN3/c1-3-12-14(15)13(19(2)18-12)9-17-11-6-4-10(8-16)5-7-11/h4-7,17H,3,8-9H2,1-2H3. The van der Waals surface area contributed by atoms with Gasteiger partial charge in [-0.05, 0) is 40.0 Å². The minimum atomic E-state index is 0.549. The maximum Gasteiger partial charge on any atom is 0.0767 e. The fourth-order valence-corrected chi connectivity index (χ4v) is 2.84. The average Bonchev–Trinajstić information content (AvgIpc) is 2.72. The predicted octanol–water partition coefficient (Wildman–Crippen LogP) is 4.10. The minimum Gasteiger partial charge on any atom is -0.379 e. The maximum absolute atomic E-state index is 5.77. The zero-order chi connectivity index (χ0) is 13.8. The third kappa shape index (κ3) is 3.31. The van der Waals surface area contributed by atoms with E-state index in [1.54, 1.807) is 0 Å². The summed E-state index contributed by atoms with van der Waals surface area (Å²) in [5.41, 5.74) is 4.46. The first-order valence-electron chi connectivity index (χ1n) is 6.24. The van der Waals surface area contributed by atoms with Gasteiger partial charge in [-0.1, -0.05) is 19.1 Å². The second-order valence-corrected chi connectivity index (χ2v) is 5.43. The van der Waals surface area contributed by atoms with Crippen molar-refractivity contribution in [1.82, 2.24) is 9.78 Å². The monoisotopic (exact) mass is 341 g/mol. The van der Waals surface area contributed by atoms with E-state index < -0.39 is 0 Å².